The molecular formula is C17H20N2O3S. The van der Waals surface area contributed by atoms with E-state index in [4.69, 9.17) is 9.47 Å². The topological polar surface area (TPSA) is 60.5 Å². The van der Waals surface area contributed by atoms with Crippen LogP contribution in [0.15, 0.2) is 24.3 Å². The minimum absolute atomic E-state index is 0.102. The monoisotopic (exact) mass is 332 g/mol. The van der Waals surface area contributed by atoms with Gasteiger partial charge in [0.1, 0.15) is 17.6 Å². The van der Waals surface area contributed by atoms with E-state index in [1.165, 1.54) is 11.3 Å². The van der Waals surface area contributed by atoms with E-state index in [1.54, 1.807) is 0 Å². The lowest BCUT2D eigenvalue weighted by atomic mass is 10.2. The zero-order valence-electron chi connectivity index (χ0n) is 13.5. The second kappa shape index (κ2) is 6.58. The van der Waals surface area contributed by atoms with Gasteiger partial charge in [-0.05, 0) is 19.1 Å². The third-order valence-electron chi connectivity index (χ3n) is 3.57. The van der Waals surface area contributed by atoms with Crippen molar-refractivity contribution in [1.82, 2.24) is 10.3 Å². The third-order valence-corrected chi connectivity index (χ3v) is 5.03. The van der Waals surface area contributed by atoms with Crippen LogP contribution in [-0.4, -0.2) is 30.1 Å². The molecule has 1 amide bonds. The van der Waals surface area contributed by atoms with Crippen LogP contribution in [0.25, 0.3) is 0 Å². The predicted molar refractivity (Wildman–Crippen MR) is 89.6 cm³/mol. The van der Waals surface area contributed by atoms with Gasteiger partial charge < -0.3 is 14.8 Å². The summed E-state index contributed by atoms with van der Waals surface area (Å²) in [6.45, 7) is 6.85. The van der Waals surface area contributed by atoms with Crippen molar-refractivity contribution in [3.8, 4) is 11.5 Å². The zero-order valence-corrected chi connectivity index (χ0v) is 14.3. The van der Waals surface area contributed by atoms with E-state index in [0.29, 0.717) is 29.7 Å². The largest absolute Gasteiger partial charge is 0.486 e. The van der Waals surface area contributed by atoms with Crippen LogP contribution in [-0.2, 0) is 0 Å². The number of hydrogen-bond acceptors (Lipinski definition) is 5. The van der Waals surface area contributed by atoms with Gasteiger partial charge in [0.25, 0.3) is 5.91 Å². The molecule has 0 saturated heterocycles. The molecule has 0 saturated carbocycles. The van der Waals surface area contributed by atoms with Crippen molar-refractivity contribution in [2.24, 2.45) is 0 Å². The van der Waals surface area contributed by atoms with Gasteiger partial charge in [-0.25, -0.2) is 4.98 Å². The van der Waals surface area contributed by atoms with Crippen LogP contribution >= 0.6 is 11.3 Å². The molecular weight excluding hydrogens is 312 g/mol. The van der Waals surface area contributed by atoms with Gasteiger partial charge in [-0.3, -0.25) is 4.79 Å². The van der Waals surface area contributed by atoms with Gasteiger partial charge in [-0.1, -0.05) is 26.0 Å². The first-order valence-corrected chi connectivity index (χ1v) is 8.50. The van der Waals surface area contributed by atoms with Gasteiger partial charge in [-0.2, -0.15) is 0 Å². The number of aryl methyl sites for hydroxylation is 1. The molecule has 1 aliphatic heterocycles. The number of para-hydroxylation sites is 2. The fraction of sp³-hybridized carbons (Fsp3) is 0.412. The molecule has 1 aliphatic rings. The molecule has 1 aromatic heterocycles. The maximum Gasteiger partial charge on any atom is 0.263 e. The second-order valence-corrected chi connectivity index (χ2v) is 6.86. The number of nitrogens with zero attached hydrogens (tertiary/aromatic N) is 1. The van der Waals surface area contributed by atoms with E-state index in [0.717, 1.165) is 16.5 Å². The number of aromatic nitrogens is 1. The predicted octanol–water partition coefficient (Wildman–Crippen LogP) is 3.14. The second-order valence-electron chi connectivity index (χ2n) is 5.83. The minimum atomic E-state index is -0.188. The molecule has 0 spiro atoms. The summed E-state index contributed by atoms with van der Waals surface area (Å²) in [5, 5.41) is 3.90. The molecule has 1 unspecified atom stereocenters. The highest BCUT2D eigenvalue weighted by molar-refractivity contribution is 7.13. The summed E-state index contributed by atoms with van der Waals surface area (Å²) >= 11 is 1.46. The molecule has 2 aromatic rings. The summed E-state index contributed by atoms with van der Waals surface area (Å²) in [5.41, 5.74) is 0.780. The summed E-state index contributed by atoms with van der Waals surface area (Å²) in [4.78, 5) is 17.5. The Morgan fingerprint density at radius 1 is 1.39 bits per heavy atom. The summed E-state index contributed by atoms with van der Waals surface area (Å²) in [6.07, 6.45) is -0.188. The van der Waals surface area contributed by atoms with Crippen LogP contribution in [0, 0.1) is 6.92 Å². The van der Waals surface area contributed by atoms with Crippen LogP contribution in [0.1, 0.15) is 40.1 Å². The average Bonchev–Trinajstić information content (AvgIpc) is 2.94. The molecule has 1 atom stereocenters. The van der Waals surface area contributed by atoms with Crippen LogP contribution in [0.4, 0.5) is 0 Å². The molecule has 2 heterocycles. The maximum absolute atomic E-state index is 12.4. The van der Waals surface area contributed by atoms with Gasteiger partial charge in [0, 0.05) is 5.92 Å². The van der Waals surface area contributed by atoms with Gasteiger partial charge in [0.05, 0.1) is 17.2 Å². The third kappa shape index (κ3) is 3.47. The molecule has 0 fully saturated rings. The number of hydrogen-bond donors (Lipinski definition) is 1. The highest BCUT2D eigenvalue weighted by Crippen LogP contribution is 2.30. The fourth-order valence-corrected chi connectivity index (χ4v) is 3.31. The Bertz CT molecular complexity index is 712. The molecule has 3 rings (SSSR count). The van der Waals surface area contributed by atoms with Gasteiger partial charge in [0.15, 0.2) is 11.5 Å². The van der Waals surface area contributed by atoms with E-state index in [2.05, 4.69) is 24.1 Å². The summed E-state index contributed by atoms with van der Waals surface area (Å²) in [6, 6.07) is 7.55. The van der Waals surface area contributed by atoms with Crippen molar-refractivity contribution in [3.05, 3.63) is 39.8 Å². The summed E-state index contributed by atoms with van der Waals surface area (Å²) in [5.74, 6) is 1.69. The number of fused-ring (bicyclic) bond motifs is 1. The normalized spacial score (nSPS) is 16.4. The molecule has 0 aliphatic carbocycles. The molecule has 1 aromatic carbocycles. The van der Waals surface area contributed by atoms with E-state index in [9.17, 15) is 4.79 Å². The number of rotatable bonds is 4. The molecule has 5 nitrogen and oxygen atoms in total. The lowest BCUT2D eigenvalue weighted by Gasteiger charge is -2.26. The van der Waals surface area contributed by atoms with Gasteiger partial charge in [0.2, 0.25) is 0 Å². The molecule has 1 N–H and O–H groups in total. The first kappa shape index (κ1) is 15.8. The Kier molecular flexibility index (Phi) is 4.52. The fourth-order valence-electron chi connectivity index (χ4n) is 2.33. The first-order chi connectivity index (χ1) is 11.0. The Hall–Kier alpha value is -2.08. The summed E-state index contributed by atoms with van der Waals surface area (Å²) < 4.78 is 11.5. The Morgan fingerprint density at radius 3 is 2.83 bits per heavy atom. The van der Waals surface area contributed by atoms with Crippen LogP contribution in [0.2, 0.25) is 0 Å². The van der Waals surface area contributed by atoms with Crippen molar-refractivity contribution < 1.29 is 14.3 Å². The minimum Gasteiger partial charge on any atom is -0.486 e. The summed E-state index contributed by atoms with van der Waals surface area (Å²) in [7, 11) is 0. The zero-order chi connectivity index (χ0) is 16.4. The number of amides is 1. The molecule has 0 bridgehead atoms. The number of nitrogens with one attached hydrogen (secondary N) is 1. The van der Waals surface area contributed by atoms with Gasteiger partial charge in [-0.15, -0.1) is 11.3 Å². The number of ether oxygens (including phenoxy) is 2. The lowest BCUT2D eigenvalue weighted by Crippen LogP contribution is -2.40. The molecule has 23 heavy (non-hydrogen) atoms. The quantitative estimate of drug-likeness (QED) is 0.934. The highest BCUT2D eigenvalue weighted by Gasteiger charge is 2.22. The number of thiazole rings is 1. The maximum atomic E-state index is 12.4. The molecule has 6 heteroatoms. The Morgan fingerprint density at radius 2 is 2.13 bits per heavy atom. The Balaban J connectivity index is 1.60. The highest BCUT2D eigenvalue weighted by atomic mass is 32.1. The first-order valence-electron chi connectivity index (χ1n) is 7.68. The van der Waals surface area contributed by atoms with Crippen LogP contribution < -0.4 is 14.8 Å². The van der Waals surface area contributed by atoms with E-state index < -0.39 is 0 Å². The van der Waals surface area contributed by atoms with Gasteiger partial charge >= 0.3 is 0 Å². The Labute approximate surface area is 139 Å². The smallest absolute Gasteiger partial charge is 0.263 e. The molecule has 0 radical (unpaired) electrons. The van der Waals surface area contributed by atoms with E-state index in [-0.39, 0.29) is 12.0 Å². The van der Waals surface area contributed by atoms with Crippen molar-refractivity contribution in [2.45, 2.75) is 32.8 Å². The van der Waals surface area contributed by atoms with E-state index >= 15 is 0 Å². The van der Waals surface area contributed by atoms with Crippen molar-refractivity contribution in [1.29, 1.82) is 0 Å². The number of benzene rings is 1. The van der Waals surface area contributed by atoms with E-state index in [1.807, 2.05) is 31.2 Å². The van der Waals surface area contributed by atoms with Crippen LogP contribution in [0.3, 0.4) is 0 Å². The number of carbonyl (C=O) groups excluding carboxylic acids is 1. The standard InChI is InChI=1S/C17H20N2O3S/c1-10(2)17-19-11(3)15(23-17)16(20)18-8-12-9-21-13-6-4-5-7-14(13)22-12/h4-7,10,12H,8-9H2,1-3H3,(H,18,20). The van der Waals surface area contributed by atoms with Crippen molar-refractivity contribution in [3.63, 3.8) is 0 Å². The lowest BCUT2D eigenvalue weighted by molar-refractivity contribution is 0.0791. The van der Waals surface area contributed by atoms with Crippen molar-refractivity contribution in [2.75, 3.05) is 13.2 Å². The van der Waals surface area contributed by atoms with Crippen LogP contribution in [0.5, 0.6) is 11.5 Å². The average molecular weight is 332 g/mol. The molecule has 122 valence electrons. The SMILES string of the molecule is Cc1nc(C(C)C)sc1C(=O)NCC1COc2ccccc2O1. The van der Waals surface area contributed by atoms with Crippen molar-refractivity contribution >= 4 is 17.2 Å². The number of carbonyl (C=O) groups is 1.